The van der Waals surface area contributed by atoms with Crippen LogP contribution in [0.25, 0.3) is 0 Å². The molecular weight excluding hydrogens is 388 g/mol. The first-order chi connectivity index (χ1) is 14.9. The summed E-state index contributed by atoms with van der Waals surface area (Å²) < 4.78 is 0. The van der Waals surface area contributed by atoms with Gasteiger partial charge in [0.2, 0.25) is 11.8 Å². The molecule has 3 rings (SSSR count). The van der Waals surface area contributed by atoms with Gasteiger partial charge < -0.3 is 10.2 Å². The molecule has 0 saturated carbocycles. The summed E-state index contributed by atoms with van der Waals surface area (Å²) in [5, 5.41) is 3.04. The minimum absolute atomic E-state index is 0.0169. The SMILES string of the molecule is CCc1ccccc1NC(=O)CN1CCN(CC(=O)N(C)Cc2ccc(C)cc2)CC1. The molecule has 0 spiro atoms. The number of amides is 2. The number of nitrogens with zero attached hydrogens (tertiary/aromatic N) is 3. The fourth-order valence-corrected chi connectivity index (χ4v) is 3.82. The molecule has 0 aliphatic carbocycles. The molecule has 1 aliphatic heterocycles. The highest BCUT2D eigenvalue weighted by Gasteiger charge is 2.22. The first-order valence-corrected chi connectivity index (χ1v) is 11.1. The predicted octanol–water partition coefficient (Wildman–Crippen LogP) is 2.77. The molecule has 1 aliphatic rings. The number of para-hydroxylation sites is 1. The first-order valence-electron chi connectivity index (χ1n) is 11.1. The van der Waals surface area contributed by atoms with Crippen molar-refractivity contribution >= 4 is 17.5 Å². The molecule has 1 heterocycles. The summed E-state index contributed by atoms with van der Waals surface area (Å²) in [4.78, 5) is 31.2. The summed E-state index contributed by atoms with van der Waals surface area (Å²) >= 11 is 0. The van der Waals surface area contributed by atoms with Gasteiger partial charge in [-0.3, -0.25) is 19.4 Å². The summed E-state index contributed by atoms with van der Waals surface area (Å²) in [7, 11) is 1.86. The molecule has 6 heteroatoms. The van der Waals surface area contributed by atoms with Crippen molar-refractivity contribution in [1.29, 1.82) is 0 Å². The second-order valence-electron chi connectivity index (χ2n) is 8.35. The average molecular weight is 423 g/mol. The number of carbonyl (C=O) groups excluding carboxylic acids is 2. The van der Waals surface area contributed by atoms with Gasteiger partial charge in [-0.1, -0.05) is 55.0 Å². The van der Waals surface area contributed by atoms with Crippen LogP contribution in [0.1, 0.15) is 23.6 Å². The zero-order valence-corrected chi connectivity index (χ0v) is 18.9. The Morgan fingerprint density at radius 1 is 0.935 bits per heavy atom. The highest BCUT2D eigenvalue weighted by Crippen LogP contribution is 2.15. The van der Waals surface area contributed by atoms with E-state index in [0.29, 0.717) is 19.6 Å². The van der Waals surface area contributed by atoms with E-state index in [0.717, 1.165) is 49.4 Å². The molecule has 0 unspecified atom stereocenters. The fraction of sp³-hybridized carbons (Fsp3) is 0.440. The van der Waals surface area contributed by atoms with E-state index < -0.39 is 0 Å². The van der Waals surface area contributed by atoms with Gasteiger partial charge in [0.1, 0.15) is 0 Å². The van der Waals surface area contributed by atoms with Crippen molar-refractivity contribution in [3.63, 3.8) is 0 Å². The smallest absolute Gasteiger partial charge is 0.238 e. The Kier molecular flexibility index (Phi) is 8.20. The normalized spacial score (nSPS) is 14.9. The van der Waals surface area contributed by atoms with Gasteiger partial charge in [-0.2, -0.15) is 0 Å². The Morgan fingerprint density at radius 2 is 1.55 bits per heavy atom. The molecule has 0 atom stereocenters. The fourth-order valence-electron chi connectivity index (χ4n) is 3.82. The van der Waals surface area contributed by atoms with Crippen molar-refractivity contribution in [3.05, 3.63) is 65.2 Å². The third kappa shape index (κ3) is 6.91. The van der Waals surface area contributed by atoms with E-state index in [1.165, 1.54) is 5.56 Å². The zero-order chi connectivity index (χ0) is 22.2. The summed E-state index contributed by atoms with van der Waals surface area (Å²) in [6, 6.07) is 16.2. The standard InChI is InChI=1S/C25H34N4O2/c1-4-22-7-5-6-8-23(22)26-24(30)18-28-13-15-29(16-14-28)19-25(31)27(3)17-21-11-9-20(2)10-12-21/h5-12H,4,13-19H2,1-3H3,(H,26,30). The van der Waals surface area contributed by atoms with E-state index in [-0.39, 0.29) is 11.8 Å². The molecule has 1 saturated heterocycles. The van der Waals surface area contributed by atoms with Crippen molar-refractivity contribution in [2.75, 3.05) is 51.6 Å². The first kappa shape index (κ1) is 23.0. The van der Waals surface area contributed by atoms with E-state index in [1.807, 2.05) is 31.3 Å². The number of nitrogens with one attached hydrogen (secondary N) is 1. The number of benzene rings is 2. The van der Waals surface area contributed by atoms with Crippen molar-refractivity contribution in [2.24, 2.45) is 0 Å². The molecule has 2 amide bonds. The van der Waals surface area contributed by atoms with E-state index >= 15 is 0 Å². The Bertz CT molecular complexity index is 873. The van der Waals surface area contributed by atoms with Crippen LogP contribution in [0.4, 0.5) is 5.69 Å². The minimum atomic E-state index is 0.0169. The van der Waals surface area contributed by atoms with Gasteiger partial charge in [0.25, 0.3) is 0 Å². The van der Waals surface area contributed by atoms with Gasteiger partial charge in [-0.15, -0.1) is 0 Å². The summed E-state index contributed by atoms with van der Waals surface area (Å²) in [6.45, 7) is 8.75. The van der Waals surface area contributed by atoms with Crippen molar-refractivity contribution < 1.29 is 9.59 Å². The molecule has 1 N–H and O–H groups in total. The van der Waals surface area contributed by atoms with Gasteiger partial charge in [-0.25, -0.2) is 0 Å². The van der Waals surface area contributed by atoms with Gasteiger partial charge >= 0.3 is 0 Å². The maximum Gasteiger partial charge on any atom is 0.238 e. The van der Waals surface area contributed by atoms with E-state index in [1.54, 1.807) is 4.90 Å². The van der Waals surface area contributed by atoms with Crippen LogP contribution in [0, 0.1) is 6.92 Å². The number of piperazine rings is 1. The van der Waals surface area contributed by atoms with Gasteiger partial charge in [0.15, 0.2) is 0 Å². The number of rotatable bonds is 8. The van der Waals surface area contributed by atoms with Crippen LogP contribution in [-0.2, 0) is 22.6 Å². The number of anilines is 1. The van der Waals surface area contributed by atoms with Gasteiger partial charge in [0.05, 0.1) is 13.1 Å². The van der Waals surface area contributed by atoms with Crippen molar-refractivity contribution in [1.82, 2.24) is 14.7 Å². The largest absolute Gasteiger partial charge is 0.340 e. The molecular formula is C25H34N4O2. The van der Waals surface area contributed by atoms with Crippen molar-refractivity contribution in [3.8, 4) is 0 Å². The molecule has 6 nitrogen and oxygen atoms in total. The average Bonchev–Trinajstić information content (AvgIpc) is 2.77. The maximum atomic E-state index is 12.6. The number of likely N-dealkylation sites (N-methyl/N-ethyl adjacent to an activating group) is 1. The molecule has 0 aromatic heterocycles. The van der Waals surface area contributed by atoms with Crippen LogP contribution in [0.3, 0.4) is 0 Å². The summed E-state index contributed by atoms with van der Waals surface area (Å²) in [5.74, 6) is 0.145. The number of carbonyl (C=O) groups is 2. The Hall–Kier alpha value is -2.70. The Morgan fingerprint density at radius 3 is 2.19 bits per heavy atom. The Balaban J connectivity index is 1.40. The van der Waals surface area contributed by atoms with Crippen LogP contribution in [0.15, 0.2) is 48.5 Å². The zero-order valence-electron chi connectivity index (χ0n) is 18.9. The van der Waals surface area contributed by atoms with E-state index in [9.17, 15) is 9.59 Å². The van der Waals surface area contributed by atoms with Crippen LogP contribution in [0.5, 0.6) is 0 Å². The van der Waals surface area contributed by atoms with Crippen LogP contribution < -0.4 is 5.32 Å². The summed E-state index contributed by atoms with van der Waals surface area (Å²) in [6.07, 6.45) is 0.890. The van der Waals surface area contributed by atoms with E-state index in [2.05, 4.69) is 53.2 Å². The lowest BCUT2D eigenvalue weighted by atomic mass is 10.1. The topological polar surface area (TPSA) is 55.9 Å². The van der Waals surface area contributed by atoms with Crippen LogP contribution in [-0.4, -0.2) is 72.8 Å². The molecule has 1 fully saturated rings. The molecule has 31 heavy (non-hydrogen) atoms. The van der Waals surface area contributed by atoms with E-state index in [4.69, 9.17) is 0 Å². The molecule has 166 valence electrons. The molecule has 0 bridgehead atoms. The van der Waals surface area contributed by atoms with Crippen molar-refractivity contribution in [2.45, 2.75) is 26.8 Å². The maximum absolute atomic E-state index is 12.6. The molecule has 2 aromatic rings. The second kappa shape index (κ2) is 11.1. The van der Waals surface area contributed by atoms with Gasteiger partial charge in [0, 0.05) is 45.5 Å². The number of hydrogen-bond acceptors (Lipinski definition) is 4. The highest BCUT2D eigenvalue weighted by molar-refractivity contribution is 5.93. The third-order valence-electron chi connectivity index (χ3n) is 5.83. The second-order valence-corrected chi connectivity index (χ2v) is 8.35. The lowest BCUT2D eigenvalue weighted by Crippen LogP contribution is -2.51. The Labute approximate surface area is 185 Å². The van der Waals surface area contributed by atoms with Crippen LogP contribution in [0.2, 0.25) is 0 Å². The lowest BCUT2D eigenvalue weighted by molar-refractivity contribution is -0.132. The quantitative estimate of drug-likeness (QED) is 0.711. The van der Waals surface area contributed by atoms with Crippen LogP contribution >= 0.6 is 0 Å². The number of aryl methyl sites for hydroxylation is 2. The number of hydrogen-bond donors (Lipinski definition) is 1. The predicted molar refractivity (Wildman–Crippen MR) is 125 cm³/mol. The third-order valence-corrected chi connectivity index (χ3v) is 5.83. The summed E-state index contributed by atoms with van der Waals surface area (Å²) in [5.41, 5.74) is 4.41. The highest BCUT2D eigenvalue weighted by atomic mass is 16.2. The molecule has 2 aromatic carbocycles. The lowest BCUT2D eigenvalue weighted by Gasteiger charge is -2.34. The van der Waals surface area contributed by atoms with Gasteiger partial charge in [-0.05, 0) is 30.5 Å². The molecule has 0 radical (unpaired) electrons. The monoisotopic (exact) mass is 422 g/mol. The minimum Gasteiger partial charge on any atom is -0.340 e.